The Morgan fingerprint density at radius 2 is 2.21 bits per heavy atom. The Balaban J connectivity index is 2.90. The minimum absolute atomic E-state index is 0.0919. The van der Waals surface area contributed by atoms with Gasteiger partial charge in [0, 0.05) is 5.56 Å². The van der Waals surface area contributed by atoms with E-state index in [1.165, 1.54) is 25.1 Å². The lowest BCUT2D eigenvalue weighted by molar-refractivity contribution is 0.188. The molecule has 1 rings (SSSR count). The monoisotopic (exact) mass is 202 g/mol. The average Bonchev–Trinajstić information content (AvgIpc) is 2.15. The van der Waals surface area contributed by atoms with E-state index < -0.39 is 18.6 Å². The Morgan fingerprint density at radius 3 is 2.79 bits per heavy atom. The summed E-state index contributed by atoms with van der Waals surface area (Å²) in [7, 11) is 0. The third-order valence-corrected chi connectivity index (χ3v) is 1.76. The standard InChI is InChI=1S/C10H12F2O2/c1-7(13)9-6-8(12)2-3-10(9)14-5-4-11/h2-3,6-7,13H,4-5H2,1H3/t7-/m0/s1. The Bertz CT molecular complexity index is 300. The molecule has 0 amide bonds. The highest BCUT2D eigenvalue weighted by Gasteiger charge is 2.10. The minimum atomic E-state index is -0.833. The van der Waals surface area contributed by atoms with Gasteiger partial charge in [-0.25, -0.2) is 8.78 Å². The predicted molar refractivity (Wildman–Crippen MR) is 48.5 cm³/mol. The van der Waals surface area contributed by atoms with E-state index in [-0.39, 0.29) is 6.61 Å². The summed E-state index contributed by atoms with van der Waals surface area (Å²) in [5, 5.41) is 9.29. The summed E-state index contributed by atoms with van der Waals surface area (Å²) in [6.07, 6.45) is -0.833. The van der Waals surface area contributed by atoms with Crippen LogP contribution in [0.4, 0.5) is 8.78 Å². The molecule has 0 aliphatic carbocycles. The lowest BCUT2D eigenvalue weighted by atomic mass is 10.1. The third-order valence-electron chi connectivity index (χ3n) is 1.76. The molecular weight excluding hydrogens is 190 g/mol. The Labute approximate surface area is 81.1 Å². The van der Waals surface area contributed by atoms with Crippen LogP contribution in [-0.4, -0.2) is 18.4 Å². The van der Waals surface area contributed by atoms with Crippen LogP contribution in [0.3, 0.4) is 0 Å². The predicted octanol–water partition coefficient (Wildman–Crippen LogP) is 2.23. The van der Waals surface area contributed by atoms with Crippen molar-refractivity contribution in [3.63, 3.8) is 0 Å². The summed E-state index contributed by atoms with van der Waals surface area (Å²) in [5.74, 6) is -0.132. The van der Waals surface area contributed by atoms with E-state index in [0.717, 1.165) is 0 Å². The summed E-state index contributed by atoms with van der Waals surface area (Å²) >= 11 is 0. The molecule has 0 fully saturated rings. The van der Waals surface area contributed by atoms with Gasteiger partial charge in [0.25, 0.3) is 0 Å². The fourth-order valence-electron chi connectivity index (χ4n) is 1.13. The largest absolute Gasteiger partial charge is 0.490 e. The van der Waals surface area contributed by atoms with Crippen molar-refractivity contribution < 1.29 is 18.6 Å². The summed E-state index contributed by atoms with van der Waals surface area (Å²) in [6.45, 7) is 0.791. The van der Waals surface area contributed by atoms with E-state index >= 15 is 0 Å². The zero-order valence-corrected chi connectivity index (χ0v) is 7.84. The molecule has 0 aromatic heterocycles. The second kappa shape index (κ2) is 4.91. The molecule has 0 aliphatic heterocycles. The molecule has 1 aromatic rings. The topological polar surface area (TPSA) is 29.5 Å². The van der Waals surface area contributed by atoms with Crippen LogP contribution in [0.15, 0.2) is 18.2 Å². The molecule has 0 saturated heterocycles. The van der Waals surface area contributed by atoms with E-state index in [9.17, 15) is 13.9 Å². The minimum Gasteiger partial charge on any atom is -0.490 e. The van der Waals surface area contributed by atoms with Gasteiger partial charge in [-0.2, -0.15) is 0 Å². The van der Waals surface area contributed by atoms with Crippen molar-refractivity contribution in [2.24, 2.45) is 0 Å². The molecule has 0 bridgehead atoms. The molecule has 14 heavy (non-hydrogen) atoms. The summed E-state index contributed by atoms with van der Waals surface area (Å²) in [6, 6.07) is 3.77. The lowest BCUT2D eigenvalue weighted by Crippen LogP contribution is -2.03. The van der Waals surface area contributed by atoms with Crippen LogP contribution in [0.25, 0.3) is 0 Å². The highest BCUT2D eigenvalue weighted by atomic mass is 19.1. The molecule has 0 heterocycles. The van der Waals surface area contributed by atoms with Crippen molar-refractivity contribution in [3.05, 3.63) is 29.6 Å². The van der Waals surface area contributed by atoms with E-state index in [4.69, 9.17) is 4.74 Å². The molecule has 0 spiro atoms. The van der Waals surface area contributed by atoms with Crippen LogP contribution in [0.5, 0.6) is 5.75 Å². The van der Waals surface area contributed by atoms with E-state index in [1.54, 1.807) is 0 Å². The first kappa shape index (κ1) is 10.9. The summed E-state index contributed by atoms with van der Waals surface area (Å²) in [5.41, 5.74) is 0.332. The van der Waals surface area contributed by atoms with E-state index in [0.29, 0.717) is 11.3 Å². The van der Waals surface area contributed by atoms with Gasteiger partial charge < -0.3 is 9.84 Å². The number of aliphatic hydroxyl groups excluding tert-OH is 1. The third kappa shape index (κ3) is 2.67. The first-order chi connectivity index (χ1) is 6.65. The highest BCUT2D eigenvalue weighted by molar-refractivity contribution is 5.35. The molecule has 0 unspecified atom stereocenters. The number of hydrogen-bond donors (Lipinski definition) is 1. The maximum Gasteiger partial charge on any atom is 0.125 e. The zero-order valence-electron chi connectivity index (χ0n) is 7.84. The maximum absolute atomic E-state index is 12.8. The van der Waals surface area contributed by atoms with E-state index in [2.05, 4.69) is 0 Å². The molecule has 2 nitrogen and oxygen atoms in total. The molecule has 0 saturated carbocycles. The highest BCUT2D eigenvalue weighted by Crippen LogP contribution is 2.25. The van der Waals surface area contributed by atoms with Crippen molar-refractivity contribution in [3.8, 4) is 5.75 Å². The van der Waals surface area contributed by atoms with Crippen molar-refractivity contribution in [2.75, 3.05) is 13.3 Å². The van der Waals surface area contributed by atoms with Crippen molar-refractivity contribution in [1.82, 2.24) is 0 Å². The van der Waals surface area contributed by atoms with Gasteiger partial charge in [-0.3, -0.25) is 0 Å². The number of alkyl halides is 1. The molecule has 1 aromatic carbocycles. The van der Waals surface area contributed by atoms with Crippen LogP contribution < -0.4 is 4.74 Å². The second-order valence-corrected chi connectivity index (χ2v) is 2.90. The van der Waals surface area contributed by atoms with Gasteiger partial charge in [0.1, 0.15) is 24.8 Å². The van der Waals surface area contributed by atoms with Crippen LogP contribution in [0.2, 0.25) is 0 Å². The Morgan fingerprint density at radius 1 is 1.50 bits per heavy atom. The lowest BCUT2D eigenvalue weighted by Gasteiger charge is -2.12. The number of hydrogen-bond acceptors (Lipinski definition) is 2. The van der Waals surface area contributed by atoms with Crippen LogP contribution in [-0.2, 0) is 0 Å². The quantitative estimate of drug-likeness (QED) is 0.811. The first-order valence-electron chi connectivity index (χ1n) is 4.31. The number of benzene rings is 1. The molecule has 78 valence electrons. The van der Waals surface area contributed by atoms with Gasteiger partial charge in [0.05, 0.1) is 6.10 Å². The Hall–Kier alpha value is -1.16. The molecule has 0 aliphatic rings. The van der Waals surface area contributed by atoms with Crippen LogP contribution >= 0.6 is 0 Å². The molecule has 0 radical (unpaired) electrons. The second-order valence-electron chi connectivity index (χ2n) is 2.90. The maximum atomic E-state index is 12.8. The number of rotatable bonds is 4. The number of aliphatic hydroxyl groups is 1. The smallest absolute Gasteiger partial charge is 0.125 e. The van der Waals surface area contributed by atoms with Gasteiger partial charge in [-0.1, -0.05) is 0 Å². The van der Waals surface area contributed by atoms with Gasteiger partial charge in [0.15, 0.2) is 0 Å². The van der Waals surface area contributed by atoms with Crippen molar-refractivity contribution >= 4 is 0 Å². The SMILES string of the molecule is C[C@H](O)c1cc(F)ccc1OCCF. The molecule has 1 atom stereocenters. The van der Waals surface area contributed by atoms with Gasteiger partial charge in [-0.15, -0.1) is 0 Å². The summed E-state index contributed by atoms with van der Waals surface area (Å²) < 4.78 is 29.6. The van der Waals surface area contributed by atoms with E-state index in [1.807, 2.05) is 0 Å². The first-order valence-corrected chi connectivity index (χ1v) is 4.31. The number of ether oxygens (including phenoxy) is 1. The fourth-order valence-corrected chi connectivity index (χ4v) is 1.13. The fraction of sp³-hybridized carbons (Fsp3) is 0.400. The van der Waals surface area contributed by atoms with Gasteiger partial charge in [-0.05, 0) is 25.1 Å². The molecule has 1 N–H and O–H groups in total. The van der Waals surface area contributed by atoms with Crippen molar-refractivity contribution in [2.45, 2.75) is 13.0 Å². The average molecular weight is 202 g/mol. The Kier molecular flexibility index (Phi) is 3.83. The van der Waals surface area contributed by atoms with Gasteiger partial charge in [0.2, 0.25) is 0 Å². The van der Waals surface area contributed by atoms with Gasteiger partial charge >= 0.3 is 0 Å². The van der Waals surface area contributed by atoms with Crippen LogP contribution in [0, 0.1) is 5.82 Å². The summed E-state index contributed by atoms with van der Waals surface area (Å²) in [4.78, 5) is 0. The molecular formula is C10H12F2O2. The molecule has 4 heteroatoms. The zero-order chi connectivity index (χ0) is 10.6. The number of halogens is 2. The van der Waals surface area contributed by atoms with Crippen LogP contribution in [0.1, 0.15) is 18.6 Å². The normalized spacial score (nSPS) is 12.6. The van der Waals surface area contributed by atoms with Crippen molar-refractivity contribution in [1.29, 1.82) is 0 Å².